The van der Waals surface area contributed by atoms with Gasteiger partial charge in [0.25, 0.3) is 11.5 Å². The van der Waals surface area contributed by atoms with Crippen LogP contribution in [0.5, 0.6) is 0 Å². The summed E-state index contributed by atoms with van der Waals surface area (Å²) in [5.41, 5.74) is 8.08. The summed E-state index contributed by atoms with van der Waals surface area (Å²) in [6, 6.07) is 9.39. The van der Waals surface area contributed by atoms with Gasteiger partial charge < -0.3 is 16.0 Å². The minimum atomic E-state index is -0.243. The van der Waals surface area contributed by atoms with Crippen LogP contribution in [0.25, 0.3) is 10.2 Å². The molecule has 1 amide bonds. The van der Waals surface area contributed by atoms with Gasteiger partial charge in [-0.25, -0.2) is 4.98 Å². The molecule has 1 fully saturated rings. The van der Waals surface area contributed by atoms with Crippen LogP contribution in [-0.2, 0) is 6.54 Å². The highest BCUT2D eigenvalue weighted by Gasteiger charge is 2.25. The number of amides is 1. The van der Waals surface area contributed by atoms with E-state index in [1.807, 2.05) is 30.9 Å². The molecule has 8 nitrogen and oxygen atoms in total. The predicted molar refractivity (Wildman–Crippen MR) is 126 cm³/mol. The second-order valence-electron chi connectivity index (χ2n) is 8.38. The molecule has 0 bridgehead atoms. The first-order chi connectivity index (χ1) is 15.4. The lowest BCUT2D eigenvalue weighted by Gasteiger charge is -2.33. The molecule has 32 heavy (non-hydrogen) atoms. The fourth-order valence-electron chi connectivity index (χ4n) is 4.00. The van der Waals surface area contributed by atoms with Gasteiger partial charge in [0, 0.05) is 30.6 Å². The van der Waals surface area contributed by atoms with Crippen molar-refractivity contribution < 1.29 is 4.79 Å². The Hall–Kier alpha value is -3.22. The van der Waals surface area contributed by atoms with E-state index in [2.05, 4.69) is 11.4 Å². The molecule has 3 aromatic rings. The molecule has 3 N–H and O–H groups in total. The van der Waals surface area contributed by atoms with Gasteiger partial charge >= 0.3 is 0 Å². The van der Waals surface area contributed by atoms with Crippen LogP contribution in [0, 0.1) is 11.3 Å². The number of carbonyl (C=O) groups is 1. The van der Waals surface area contributed by atoms with Crippen LogP contribution < -0.4 is 21.5 Å². The third kappa shape index (κ3) is 4.24. The molecular weight excluding hydrogens is 424 g/mol. The number of nitrogens with one attached hydrogen (secondary N) is 1. The molecular formula is C23H26N6O2S. The van der Waals surface area contributed by atoms with Crippen LogP contribution in [0.2, 0.25) is 0 Å². The first-order valence-corrected chi connectivity index (χ1v) is 11.6. The van der Waals surface area contributed by atoms with Crippen molar-refractivity contribution in [1.29, 1.82) is 5.26 Å². The topological polar surface area (TPSA) is 117 Å². The quantitative estimate of drug-likeness (QED) is 0.617. The number of nitrogens with two attached hydrogens (primary N) is 1. The molecule has 4 rings (SSSR count). The van der Waals surface area contributed by atoms with E-state index < -0.39 is 0 Å². The molecule has 1 unspecified atom stereocenters. The maximum absolute atomic E-state index is 13.6. The van der Waals surface area contributed by atoms with E-state index in [0.717, 1.165) is 24.9 Å². The minimum Gasteiger partial charge on any atom is -0.350 e. The van der Waals surface area contributed by atoms with Crippen molar-refractivity contribution in [3.05, 3.63) is 56.7 Å². The van der Waals surface area contributed by atoms with Gasteiger partial charge in [0.15, 0.2) is 0 Å². The maximum Gasteiger partial charge on any atom is 0.273 e. The van der Waals surface area contributed by atoms with Crippen LogP contribution in [0.4, 0.5) is 5.95 Å². The Morgan fingerprint density at radius 1 is 1.41 bits per heavy atom. The number of hydrogen-bond acceptors (Lipinski definition) is 7. The van der Waals surface area contributed by atoms with Gasteiger partial charge in [0.05, 0.1) is 23.7 Å². The van der Waals surface area contributed by atoms with Gasteiger partial charge in [-0.2, -0.15) is 5.26 Å². The van der Waals surface area contributed by atoms with E-state index in [9.17, 15) is 14.9 Å². The fraction of sp³-hybridized carbons (Fsp3) is 0.391. The smallest absolute Gasteiger partial charge is 0.273 e. The Labute approximate surface area is 190 Å². The lowest BCUT2D eigenvalue weighted by atomic mass is 10.1. The molecule has 0 aliphatic carbocycles. The Bertz CT molecular complexity index is 1260. The summed E-state index contributed by atoms with van der Waals surface area (Å²) in [6.45, 7) is 5.30. The summed E-state index contributed by atoms with van der Waals surface area (Å²) in [5, 5.41) is 14.1. The second kappa shape index (κ2) is 9.10. The highest BCUT2D eigenvalue weighted by Crippen LogP contribution is 2.26. The van der Waals surface area contributed by atoms with Crippen LogP contribution in [0.15, 0.2) is 34.4 Å². The van der Waals surface area contributed by atoms with Gasteiger partial charge in [-0.15, -0.1) is 11.3 Å². The van der Waals surface area contributed by atoms with Gasteiger partial charge in [-0.1, -0.05) is 18.2 Å². The van der Waals surface area contributed by atoms with Crippen molar-refractivity contribution in [2.75, 3.05) is 18.0 Å². The van der Waals surface area contributed by atoms with Crippen LogP contribution in [0.1, 0.15) is 48.2 Å². The van der Waals surface area contributed by atoms with Crippen molar-refractivity contribution in [3.63, 3.8) is 0 Å². The first-order valence-electron chi connectivity index (χ1n) is 10.7. The number of thiophene rings is 1. The zero-order chi connectivity index (χ0) is 22.8. The van der Waals surface area contributed by atoms with E-state index >= 15 is 0 Å². The first kappa shape index (κ1) is 22.0. The fourth-order valence-corrected chi connectivity index (χ4v) is 4.94. The number of benzene rings is 1. The highest BCUT2D eigenvalue weighted by atomic mass is 32.1. The van der Waals surface area contributed by atoms with Gasteiger partial charge in [0.1, 0.15) is 10.2 Å². The number of fused-ring (bicyclic) bond motifs is 1. The van der Waals surface area contributed by atoms with Crippen molar-refractivity contribution in [3.8, 4) is 6.07 Å². The monoisotopic (exact) mass is 450 g/mol. The molecule has 0 radical (unpaired) electrons. The summed E-state index contributed by atoms with van der Waals surface area (Å²) >= 11 is 1.22. The van der Waals surface area contributed by atoms with Crippen molar-refractivity contribution in [1.82, 2.24) is 14.9 Å². The van der Waals surface area contributed by atoms with Crippen LogP contribution in [0.3, 0.4) is 0 Å². The molecule has 1 atom stereocenters. The van der Waals surface area contributed by atoms with Crippen LogP contribution >= 0.6 is 11.3 Å². The molecule has 0 saturated carbocycles. The summed E-state index contributed by atoms with van der Waals surface area (Å²) in [7, 11) is 0. The molecule has 1 aliphatic rings. The lowest BCUT2D eigenvalue weighted by Crippen LogP contribution is -2.45. The van der Waals surface area contributed by atoms with Crippen molar-refractivity contribution >= 4 is 33.4 Å². The molecule has 2 aromatic heterocycles. The summed E-state index contributed by atoms with van der Waals surface area (Å²) < 4.78 is 2.04. The van der Waals surface area contributed by atoms with Crippen LogP contribution in [-0.4, -0.2) is 40.6 Å². The molecule has 0 spiro atoms. The molecule has 1 saturated heterocycles. The Kier molecular flexibility index (Phi) is 6.26. The van der Waals surface area contributed by atoms with Crippen molar-refractivity contribution in [2.24, 2.45) is 5.73 Å². The van der Waals surface area contributed by atoms with E-state index in [1.165, 1.54) is 11.3 Å². The van der Waals surface area contributed by atoms with Gasteiger partial charge in [-0.3, -0.25) is 14.2 Å². The number of rotatable bonds is 5. The van der Waals surface area contributed by atoms with Crippen molar-refractivity contribution in [2.45, 2.75) is 45.3 Å². The number of aromatic nitrogens is 2. The standard InChI is InChI=1S/C23H26N6O2S/c1-14(2)26-21(30)18-13-32-20-19(18)27-23(28-9-5-8-17(25)12-28)29(22(20)31)11-16-7-4-3-6-15(16)10-24/h3-4,6-7,13-14,17H,5,8-9,11-12,25H2,1-2H3,(H,26,30). The summed E-state index contributed by atoms with van der Waals surface area (Å²) in [4.78, 5) is 33.2. The molecule has 1 aliphatic heterocycles. The number of anilines is 1. The Balaban J connectivity index is 1.88. The zero-order valence-corrected chi connectivity index (χ0v) is 19.0. The zero-order valence-electron chi connectivity index (χ0n) is 18.2. The second-order valence-corrected chi connectivity index (χ2v) is 9.26. The SMILES string of the molecule is CC(C)NC(=O)c1csc2c(=O)n(Cc3ccccc3C#N)c(N3CCCC(N)C3)nc12. The number of piperidine rings is 1. The predicted octanol–water partition coefficient (Wildman–Crippen LogP) is 2.44. The van der Waals surface area contributed by atoms with Gasteiger partial charge in [-0.05, 0) is 38.3 Å². The third-order valence-electron chi connectivity index (χ3n) is 5.53. The minimum absolute atomic E-state index is 0.0117. The number of hydrogen-bond donors (Lipinski definition) is 2. The van der Waals surface area contributed by atoms with E-state index in [-0.39, 0.29) is 30.1 Å². The molecule has 3 heterocycles. The number of nitrogens with zero attached hydrogens (tertiary/aromatic N) is 4. The van der Waals surface area contributed by atoms with E-state index in [1.54, 1.807) is 22.1 Å². The lowest BCUT2D eigenvalue weighted by molar-refractivity contribution is 0.0945. The average molecular weight is 451 g/mol. The summed E-state index contributed by atoms with van der Waals surface area (Å²) in [6.07, 6.45) is 1.81. The molecule has 9 heteroatoms. The average Bonchev–Trinajstić information content (AvgIpc) is 3.20. The molecule has 166 valence electrons. The Morgan fingerprint density at radius 3 is 2.91 bits per heavy atom. The highest BCUT2D eigenvalue weighted by molar-refractivity contribution is 7.17. The third-order valence-corrected chi connectivity index (χ3v) is 6.49. The Morgan fingerprint density at radius 2 is 2.19 bits per heavy atom. The van der Waals surface area contributed by atoms with Gasteiger partial charge in [0.2, 0.25) is 5.95 Å². The maximum atomic E-state index is 13.6. The normalized spacial score (nSPS) is 16.3. The largest absolute Gasteiger partial charge is 0.350 e. The molecule has 1 aromatic carbocycles. The van der Waals surface area contributed by atoms with E-state index in [0.29, 0.717) is 33.8 Å². The number of carbonyl (C=O) groups excluding carboxylic acids is 1. The summed E-state index contributed by atoms with van der Waals surface area (Å²) in [5.74, 6) is 0.245. The number of nitriles is 1. The van der Waals surface area contributed by atoms with E-state index in [4.69, 9.17) is 10.7 Å².